The highest BCUT2D eigenvalue weighted by Gasteiger charge is 2.27. The molecule has 3 heterocycles. The van der Waals surface area contributed by atoms with Crippen LogP contribution in [0.25, 0.3) is 6.08 Å². The minimum Gasteiger partial charge on any atom is -0.357 e. The number of nitrogens with zero attached hydrogens (tertiary/aromatic N) is 2. The second kappa shape index (κ2) is 4.31. The summed E-state index contributed by atoms with van der Waals surface area (Å²) in [6, 6.07) is 8.30. The van der Waals surface area contributed by atoms with E-state index >= 15 is 0 Å². The Hall–Kier alpha value is -1.94. The number of allylic oxidation sites excluding steroid dienone is 2. The molecule has 19 heavy (non-hydrogen) atoms. The summed E-state index contributed by atoms with van der Waals surface area (Å²) in [5.74, 6) is 0. The Kier molecular flexibility index (Phi) is 2.48. The summed E-state index contributed by atoms with van der Waals surface area (Å²) in [6.45, 7) is 3.40. The summed E-state index contributed by atoms with van der Waals surface area (Å²) < 4.78 is 1.96. The lowest BCUT2D eigenvalue weighted by atomic mass is 10.2. The van der Waals surface area contributed by atoms with Gasteiger partial charge in [0.05, 0.1) is 5.25 Å². The van der Waals surface area contributed by atoms with Gasteiger partial charge in [-0.15, -0.1) is 0 Å². The fourth-order valence-electron chi connectivity index (χ4n) is 2.23. The van der Waals surface area contributed by atoms with E-state index in [1.807, 2.05) is 22.9 Å². The fourth-order valence-corrected chi connectivity index (χ4v) is 3.22. The number of thioether (sulfide) groups is 1. The molecule has 1 N–H and O–H groups in total. The quantitative estimate of drug-likeness (QED) is 0.858. The van der Waals surface area contributed by atoms with E-state index in [1.165, 1.54) is 5.56 Å². The van der Waals surface area contributed by atoms with E-state index in [1.54, 1.807) is 18.0 Å². The van der Waals surface area contributed by atoms with Gasteiger partial charge in [0.15, 0.2) is 5.16 Å². The van der Waals surface area contributed by atoms with Crippen LogP contribution in [0, 0.1) is 6.54 Å². The van der Waals surface area contributed by atoms with Crippen LogP contribution in [0.15, 0.2) is 59.7 Å². The molecule has 0 fully saturated rings. The van der Waals surface area contributed by atoms with E-state index < -0.39 is 0 Å². The highest BCUT2D eigenvalue weighted by molar-refractivity contribution is 8.00. The van der Waals surface area contributed by atoms with E-state index in [0.29, 0.717) is 0 Å². The predicted octanol–water partition coefficient (Wildman–Crippen LogP) is 3.27. The highest BCUT2D eigenvalue weighted by Crippen LogP contribution is 2.37. The van der Waals surface area contributed by atoms with E-state index in [0.717, 1.165) is 16.5 Å². The average Bonchev–Trinajstić information content (AvgIpc) is 2.94. The SMILES string of the molecule is [C]1C(C2=CC=Cc3ccccc3N2)Sc2nccn21. The molecule has 1 aromatic heterocycles. The molecule has 2 radical (unpaired) electrons. The Morgan fingerprint density at radius 3 is 3.21 bits per heavy atom. The van der Waals surface area contributed by atoms with Gasteiger partial charge in [-0.25, -0.2) is 4.98 Å². The third-order valence-corrected chi connectivity index (χ3v) is 4.27. The number of anilines is 1. The molecule has 0 amide bonds. The first-order valence-electron chi connectivity index (χ1n) is 6.11. The van der Waals surface area contributed by atoms with Crippen molar-refractivity contribution in [3.05, 3.63) is 66.6 Å². The average molecular weight is 265 g/mol. The molecule has 2 aliphatic heterocycles. The van der Waals surface area contributed by atoms with Crippen LogP contribution in [0.3, 0.4) is 0 Å². The normalized spacial score (nSPS) is 20.2. The maximum absolute atomic E-state index is 4.30. The van der Waals surface area contributed by atoms with Gasteiger partial charge in [-0.3, -0.25) is 0 Å². The molecule has 1 aromatic carbocycles. The Morgan fingerprint density at radius 2 is 2.26 bits per heavy atom. The molecule has 0 saturated carbocycles. The highest BCUT2D eigenvalue weighted by atomic mass is 32.2. The van der Waals surface area contributed by atoms with Gasteiger partial charge in [0.2, 0.25) is 0 Å². The maximum Gasteiger partial charge on any atom is 0.169 e. The van der Waals surface area contributed by atoms with E-state index in [4.69, 9.17) is 0 Å². The van der Waals surface area contributed by atoms with E-state index in [2.05, 4.69) is 47.2 Å². The number of benzene rings is 1. The lowest BCUT2D eigenvalue weighted by Crippen LogP contribution is -2.13. The number of hydrogen-bond donors (Lipinski definition) is 1. The van der Waals surface area contributed by atoms with Crippen LogP contribution in [0.4, 0.5) is 5.69 Å². The molecular formula is C15H11N3S. The third-order valence-electron chi connectivity index (χ3n) is 3.16. The summed E-state index contributed by atoms with van der Waals surface area (Å²) in [5, 5.41) is 4.66. The smallest absolute Gasteiger partial charge is 0.169 e. The van der Waals surface area contributed by atoms with Gasteiger partial charge < -0.3 is 9.88 Å². The number of rotatable bonds is 1. The third kappa shape index (κ3) is 1.88. The number of aromatic nitrogens is 2. The molecule has 0 saturated heterocycles. The van der Waals surface area contributed by atoms with Crippen LogP contribution in [-0.2, 0) is 0 Å². The number of fused-ring (bicyclic) bond motifs is 2. The Bertz CT molecular complexity index is 664. The summed E-state index contributed by atoms with van der Waals surface area (Å²) in [6.07, 6.45) is 10.0. The first-order valence-corrected chi connectivity index (χ1v) is 6.99. The predicted molar refractivity (Wildman–Crippen MR) is 77.7 cm³/mol. The van der Waals surface area contributed by atoms with Crippen molar-refractivity contribution in [3.63, 3.8) is 0 Å². The van der Waals surface area contributed by atoms with Crippen LogP contribution in [0.2, 0.25) is 0 Å². The molecule has 4 rings (SSSR count). The van der Waals surface area contributed by atoms with Gasteiger partial charge in [-0.05, 0) is 17.7 Å². The fraction of sp³-hybridized carbons (Fsp3) is 0.0667. The van der Waals surface area contributed by atoms with Crippen LogP contribution >= 0.6 is 11.8 Å². The molecule has 0 aliphatic carbocycles. The maximum atomic E-state index is 4.30. The minimum absolute atomic E-state index is 0.166. The van der Waals surface area contributed by atoms with Crippen LogP contribution in [0.5, 0.6) is 0 Å². The van der Waals surface area contributed by atoms with Gasteiger partial charge in [-0.1, -0.05) is 42.1 Å². The molecular weight excluding hydrogens is 254 g/mol. The molecule has 1 unspecified atom stereocenters. The summed E-state index contributed by atoms with van der Waals surface area (Å²) in [5.41, 5.74) is 3.47. The number of hydrogen-bond acceptors (Lipinski definition) is 3. The van der Waals surface area contributed by atoms with Gasteiger partial charge in [0.25, 0.3) is 0 Å². The molecule has 1 atom stereocenters. The summed E-state index contributed by atoms with van der Waals surface area (Å²) >= 11 is 1.71. The molecule has 0 spiro atoms. The Balaban J connectivity index is 1.63. The monoisotopic (exact) mass is 265 g/mol. The second-order valence-electron chi connectivity index (χ2n) is 4.40. The van der Waals surface area contributed by atoms with E-state index in [-0.39, 0.29) is 5.25 Å². The van der Waals surface area contributed by atoms with Gasteiger partial charge in [-0.2, -0.15) is 0 Å². The van der Waals surface area contributed by atoms with Crippen LogP contribution < -0.4 is 5.32 Å². The summed E-state index contributed by atoms with van der Waals surface area (Å²) in [7, 11) is 0. The van der Waals surface area contributed by atoms with Gasteiger partial charge in [0, 0.05) is 23.8 Å². The molecule has 4 heteroatoms. The Labute approximate surface area is 116 Å². The molecule has 92 valence electrons. The van der Waals surface area contributed by atoms with Crippen molar-refractivity contribution < 1.29 is 0 Å². The Morgan fingerprint density at radius 1 is 1.32 bits per heavy atom. The van der Waals surface area contributed by atoms with Crippen LogP contribution in [0.1, 0.15) is 5.56 Å². The number of imidazole rings is 1. The van der Waals surface area contributed by atoms with Crippen molar-refractivity contribution in [2.75, 3.05) is 5.32 Å². The standard InChI is InChI=1S/C15H11N3S/c1-2-6-12-11(4-1)5-3-7-13(17-12)14-10-18-9-8-16-15(18)19-14/h1-9,14,17H. The molecule has 2 aliphatic rings. The van der Waals surface area contributed by atoms with Crippen molar-refractivity contribution in [2.24, 2.45) is 0 Å². The minimum atomic E-state index is 0.166. The first-order chi connectivity index (χ1) is 9.40. The van der Waals surface area contributed by atoms with Crippen LogP contribution in [-0.4, -0.2) is 14.8 Å². The lowest BCUT2D eigenvalue weighted by Gasteiger charge is -2.15. The molecule has 0 bridgehead atoms. The molecule has 2 aromatic rings. The van der Waals surface area contributed by atoms with Gasteiger partial charge in [0.1, 0.15) is 6.54 Å². The van der Waals surface area contributed by atoms with Crippen molar-refractivity contribution in [3.8, 4) is 0 Å². The summed E-state index contributed by atoms with van der Waals surface area (Å²) in [4.78, 5) is 4.30. The number of para-hydroxylation sites is 1. The first kappa shape index (κ1) is 10.9. The number of nitrogens with one attached hydrogen (secondary N) is 1. The molecule has 3 nitrogen and oxygen atoms in total. The van der Waals surface area contributed by atoms with Crippen molar-refractivity contribution in [1.29, 1.82) is 0 Å². The second-order valence-corrected chi connectivity index (χ2v) is 5.47. The van der Waals surface area contributed by atoms with Gasteiger partial charge >= 0.3 is 0 Å². The van der Waals surface area contributed by atoms with Crippen molar-refractivity contribution in [2.45, 2.75) is 10.4 Å². The zero-order valence-corrected chi connectivity index (χ0v) is 10.9. The van der Waals surface area contributed by atoms with E-state index in [9.17, 15) is 0 Å². The van der Waals surface area contributed by atoms with Crippen molar-refractivity contribution in [1.82, 2.24) is 9.55 Å². The topological polar surface area (TPSA) is 29.9 Å². The van der Waals surface area contributed by atoms with Crippen molar-refractivity contribution >= 4 is 23.5 Å². The lowest BCUT2D eigenvalue weighted by molar-refractivity contribution is 0.838. The largest absolute Gasteiger partial charge is 0.357 e. The zero-order valence-electron chi connectivity index (χ0n) is 10.1. The zero-order chi connectivity index (χ0) is 12.7.